The molecular weight excluding hydrogens is 510 g/mol. The van der Waals surface area contributed by atoms with Crippen molar-refractivity contribution >= 4 is 39.7 Å². The third-order valence-corrected chi connectivity index (χ3v) is 4.80. The fourth-order valence-electron chi connectivity index (χ4n) is 2.62. The molecule has 0 saturated carbocycles. The average Bonchev–Trinajstić information content (AvgIpc) is 2.84. The lowest BCUT2D eigenvalue weighted by molar-refractivity contribution is -0.384. The SMILES string of the molecule is COc1ccc(C(=O)Oc2ccc(Br)cc2/C=N\NC(=O)COc2ccc([N+](=O)[O-])cc2)cc1. The van der Waals surface area contributed by atoms with E-state index in [1.54, 1.807) is 42.5 Å². The molecule has 3 rings (SSSR count). The molecule has 0 bridgehead atoms. The Hall–Kier alpha value is -4.25. The van der Waals surface area contributed by atoms with Gasteiger partial charge in [-0.2, -0.15) is 5.10 Å². The predicted molar refractivity (Wildman–Crippen MR) is 126 cm³/mol. The maximum absolute atomic E-state index is 12.5. The van der Waals surface area contributed by atoms with Gasteiger partial charge in [0, 0.05) is 22.2 Å². The van der Waals surface area contributed by atoms with Crippen LogP contribution in [0.25, 0.3) is 0 Å². The Morgan fingerprint density at radius 1 is 1.06 bits per heavy atom. The van der Waals surface area contributed by atoms with E-state index in [4.69, 9.17) is 14.2 Å². The lowest BCUT2D eigenvalue weighted by Crippen LogP contribution is -2.24. The van der Waals surface area contributed by atoms with Crippen LogP contribution in [0.5, 0.6) is 17.2 Å². The Bertz CT molecular complexity index is 1210. The molecule has 0 atom stereocenters. The van der Waals surface area contributed by atoms with Gasteiger partial charge in [-0.3, -0.25) is 14.9 Å². The van der Waals surface area contributed by atoms with Crippen LogP contribution in [0.3, 0.4) is 0 Å². The standard InChI is InChI=1S/C23H18BrN3O7/c1-32-19-7-2-15(3-8-19)23(29)34-21-11-4-17(24)12-16(21)13-25-26-22(28)14-33-20-9-5-18(6-10-20)27(30)31/h2-13H,14H2,1H3,(H,26,28)/b25-13-. The first kappa shape index (κ1) is 24.4. The fraction of sp³-hybridized carbons (Fsp3) is 0.0870. The number of halogens is 1. The van der Waals surface area contributed by atoms with Crippen LogP contribution in [0.4, 0.5) is 5.69 Å². The number of hydrogen-bond donors (Lipinski definition) is 1. The van der Waals surface area contributed by atoms with Gasteiger partial charge in [-0.15, -0.1) is 0 Å². The van der Waals surface area contributed by atoms with Crippen molar-refractivity contribution in [3.63, 3.8) is 0 Å². The van der Waals surface area contributed by atoms with E-state index in [2.05, 4.69) is 26.5 Å². The molecule has 0 heterocycles. The maximum Gasteiger partial charge on any atom is 0.343 e. The van der Waals surface area contributed by atoms with E-state index in [1.165, 1.54) is 37.6 Å². The van der Waals surface area contributed by atoms with Crippen LogP contribution in [-0.2, 0) is 4.79 Å². The van der Waals surface area contributed by atoms with E-state index in [1.807, 2.05) is 0 Å². The first-order valence-electron chi connectivity index (χ1n) is 9.70. The van der Waals surface area contributed by atoms with Crippen LogP contribution in [0.15, 0.2) is 76.3 Å². The van der Waals surface area contributed by atoms with Crippen molar-refractivity contribution in [2.45, 2.75) is 0 Å². The number of nitro benzene ring substituents is 1. The van der Waals surface area contributed by atoms with Crippen molar-refractivity contribution < 1.29 is 28.7 Å². The second-order valence-electron chi connectivity index (χ2n) is 6.63. The van der Waals surface area contributed by atoms with Gasteiger partial charge in [0.1, 0.15) is 17.2 Å². The van der Waals surface area contributed by atoms with E-state index in [0.29, 0.717) is 27.1 Å². The smallest absolute Gasteiger partial charge is 0.343 e. The molecule has 0 aromatic heterocycles. The van der Waals surface area contributed by atoms with E-state index in [0.717, 1.165) is 0 Å². The molecule has 1 N–H and O–H groups in total. The summed E-state index contributed by atoms with van der Waals surface area (Å²) < 4.78 is 16.5. The van der Waals surface area contributed by atoms with Crippen molar-refractivity contribution in [2.75, 3.05) is 13.7 Å². The van der Waals surface area contributed by atoms with Crippen LogP contribution in [-0.4, -0.2) is 36.7 Å². The molecular formula is C23H18BrN3O7. The van der Waals surface area contributed by atoms with E-state index in [9.17, 15) is 19.7 Å². The quantitative estimate of drug-likeness (QED) is 0.145. The van der Waals surface area contributed by atoms with E-state index < -0.39 is 16.8 Å². The minimum absolute atomic E-state index is 0.0843. The molecule has 0 aliphatic heterocycles. The number of carbonyl (C=O) groups excluding carboxylic acids is 2. The number of ether oxygens (including phenoxy) is 3. The second-order valence-corrected chi connectivity index (χ2v) is 7.55. The Morgan fingerprint density at radius 2 is 1.74 bits per heavy atom. The summed E-state index contributed by atoms with van der Waals surface area (Å²) in [7, 11) is 1.53. The number of benzene rings is 3. The number of rotatable bonds is 9. The fourth-order valence-corrected chi connectivity index (χ4v) is 3.00. The van der Waals surface area contributed by atoms with Gasteiger partial charge in [0.25, 0.3) is 11.6 Å². The predicted octanol–water partition coefficient (Wildman–Crippen LogP) is 4.11. The van der Waals surface area contributed by atoms with Crippen molar-refractivity contribution in [3.05, 3.63) is 92.4 Å². The summed E-state index contributed by atoms with van der Waals surface area (Å²) in [6, 6.07) is 16.7. The molecule has 34 heavy (non-hydrogen) atoms. The zero-order valence-corrected chi connectivity index (χ0v) is 19.4. The van der Waals surface area contributed by atoms with Gasteiger partial charge in [-0.25, -0.2) is 10.2 Å². The third-order valence-electron chi connectivity index (χ3n) is 4.31. The molecule has 1 amide bonds. The highest BCUT2D eigenvalue weighted by Crippen LogP contribution is 2.23. The Labute approximate surface area is 202 Å². The maximum atomic E-state index is 12.5. The largest absolute Gasteiger partial charge is 0.497 e. The summed E-state index contributed by atoms with van der Waals surface area (Å²) in [4.78, 5) is 34.6. The molecule has 0 aliphatic rings. The van der Waals surface area contributed by atoms with E-state index in [-0.39, 0.29) is 18.0 Å². The van der Waals surface area contributed by atoms with Gasteiger partial charge in [0.05, 0.1) is 23.8 Å². The lowest BCUT2D eigenvalue weighted by atomic mass is 10.2. The number of nitrogens with one attached hydrogen (secondary N) is 1. The molecule has 0 saturated heterocycles. The van der Waals surface area contributed by atoms with Crippen LogP contribution < -0.4 is 19.6 Å². The zero-order chi connectivity index (χ0) is 24.5. The van der Waals surface area contributed by atoms with Crippen LogP contribution in [0, 0.1) is 10.1 Å². The lowest BCUT2D eigenvalue weighted by Gasteiger charge is -2.09. The zero-order valence-electron chi connectivity index (χ0n) is 17.8. The number of amides is 1. The first-order valence-corrected chi connectivity index (χ1v) is 10.5. The topological polar surface area (TPSA) is 129 Å². The highest BCUT2D eigenvalue weighted by molar-refractivity contribution is 9.10. The summed E-state index contributed by atoms with van der Waals surface area (Å²) in [6.45, 7) is -0.354. The Balaban J connectivity index is 1.59. The van der Waals surface area contributed by atoms with Crippen LogP contribution in [0.1, 0.15) is 15.9 Å². The van der Waals surface area contributed by atoms with Crippen LogP contribution in [0.2, 0.25) is 0 Å². The van der Waals surface area contributed by atoms with Gasteiger partial charge in [-0.1, -0.05) is 15.9 Å². The normalized spacial score (nSPS) is 10.5. The molecule has 10 nitrogen and oxygen atoms in total. The average molecular weight is 528 g/mol. The van der Waals surface area contributed by atoms with Crippen molar-refractivity contribution in [1.82, 2.24) is 5.43 Å². The van der Waals surface area contributed by atoms with Gasteiger partial charge in [-0.05, 0) is 54.6 Å². The summed E-state index contributed by atoms with van der Waals surface area (Å²) in [5.41, 5.74) is 2.99. The van der Waals surface area contributed by atoms with E-state index >= 15 is 0 Å². The Kier molecular flexibility index (Phi) is 8.30. The number of non-ortho nitro benzene ring substituents is 1. The number of carbonyl (C=O) groups is 2. The second kappa shape index (κ2) is 11.6. The molecule has 0 unspecified atom stereocenters. The molecule has 11 heteroatoms. The van der Waals surface area contributed by atoms with Crippen molar-refractivity contribution in [3.8, 4) is 17.2 Å². The molecule has 3 aromatic carbocycles. The van der Waals surface area contributed by atoms with Crippen molar-refractivity contribution in [2.24, 2.45) is 5.10 Å². The number of hydrogen-bond acceptors (Lipinski definition) is 8. The molecule has 174 valence electrons. The molecule has 0 aliphatic carbocycles. The number of nitro groups is 1. The summed E-state index contributed by atoms with van der Waals surface area (Å²) in [5, 5.41) is 14.5. The third kappa shape index (κ3) is 6.87. The molecule has 3 aromatic rings. The summed E-state index contributed by atoms with van der Waals surface area (Å²) >= 11 is 3.34. The highest BCUT2D eigenvalue weighted by atomic mass is 79.9. The van der Waals surface area contributed by atoms with Gasteiger partial charge < -0.3 is 14.2 Å². The minimum atomic E-state index is -0.569. The summed E-state index contributed by atoms with van der Waals surface area (Å²) in [5.74, 6) is 0.0245. The van der Waals surface area contributed by atoms with Gasteiger partial charge >= 0.3 is 5.97 Å². The number of nitrogens with zero attached hydrogens (tertiary/aromatic N) is 2. The first-order chi connectivity index (χ1) is 16.4. The van der Waals surface area contributed by atoms with Gasteiger partial charge in [0.2, 0.25) is 0 Å². The molecule has 0 spiro atoms. The number of esters is 1. The monoisotopic (exact) mass is 527 g/mol. The van der Waals surface area contributed by atoms with Crippen LogP contribution >= 0.6 is 15.9 Å². The summed E-state index contributed by atoms with van der Waals surface area (Å²) in [6.07, 6.45) is 1.32. The number of hydrazone groups is 1. The molecule has 0 radical (unpaired) electrons. The highest BCUT2D eigenvalue weighted by Gasteiger charge is 2.12. The van der Waals surface area contributed by atoms with Gasteiger partial charge in [0.15, 0.2) is 6.61 Å². The Morgan fingerprint density at radius 3 is 2.38 bits per heavy atom. The van der Waals surface area contributed by atoms with Crippen molar-refractivity contribution in [1.29, 1.82) is 0 Å². The number of methoxy groups -OCH3 is 1. The molecule has 0 fully saturated rings. The minimum Gasteiger partial charge on any atom is -0.497 e.